The zero-order valence-electron chi connectivity index (χ0n) is 11.5. The summed E-state index contributed by atoms with van der Waals surface area (Å²) >= 11 is 0. The molecule has 0 bridgehead atoms. The lowest BCUT2D eigenvalue weighted by Crippen LogP contribution is -2.11. The van der Waals surface area contributed by atoms with Crippen molar-refractivity contribution in [2.45, 2.75) is 13.1 Å². The molecule has 1 N–H and O–H groups in total. The highest BCUT2D eigenvalue weighted by Crippen LogP contribution is 2.27. The lowest BCUT2D eigenvalue weighted by atomic mass is 10.2. The van der Waals surface area contributed by atoms with Crippen LogP contribution in [0.4, 0.5) is 5.69 Å². The van der Waals surface area contributed by atoms with Crippen molar-refractivity contribution in [1.82, 2.24) is 9.88 Å². The second kappa shape index (κ2) is 6.21. The summed E-state index contributed by atoms with van der Waals surface area (Å²) in [6, 6.07) is 9.02. The summed E-state index contributed by atoms with van der Waals surface area (Å²) in [5, 5.41) is 14.1. The minimum atomic E-state index is -0.424. The Morgan fingerprint density at radius 2 is 2.20 bits per heavy atom. The summed E-state index contributed by atoms with van der Waals surface area (Å²) in [5.41, 5.74) is 1.99. The Balaban J connectivity index is 2.27. The molecule has 6 heteroatoms. The summed E-state index contributed by atoms with van der Waals surface area (Å²) in [6.45, 7) is 1.35. The summed E-state index contributed by atoms with van der Waals surface area (Å²) < 4.78 is 7.06. The highest BCUT2D eigenvalue weighted by atomic mass is 16.6. The molecule has 0 saturated heterocycles. The van der Waals surface area contributed by atoms with Crippen LogP contribution < -0.4 is 10.1 Å². The number of nitrogens with zero attached hydrogens (tertiary/aromatic N) is 2. The van der Waals surface area contributed by atoms with Crippen LogP contribution in [0.2, 0.25) is 0 Å². The van der Waals surface area contributed by atoms with Gasteiger partial charge in [0, 0.05) is 31.0 Å². The zero-order valence-corrected chi connectivity index (χ0v) is 11.5. The number of methoxy groups -OCH3 is 1. The van der Waals surface area contributed by atoms with Gasteiger partial charge >= 0.3 is 5.69 Å². The van der Waals surface area contributed by atoms with Gasteiger partial charge in [-0.3, -0.25) is 10.1 Å². The van der Waals surface area contributed by atoms with E-state index in [0.717, 1.165) is 17.8 Å². The maximum Gasteiger partial charge on any atom is 0.311 e. The third-order valence-electron chi connectivity index (χ3n) is 3.07. The summed E-state index contributed by atoms with van der Waals surface area (Å²) in [5.74, 6) is 0.279. The van der Waals surface area contributed by atoms with Crippen molar-refractivity contribution in [3.8, 4) is 5.75 Å². The second-order valence-corrected chi connectivity index (χ2v) is 4.42. The predicted molar refractivity (Wildman–Crippen MR) is 75.9 cm³/mol. The summed E-state index contributed by atoms with van der Waals surface area (Å²) in [6.07, 6.45) is 1.96. The minimum absolute atomic E-state index is 0.00711. The number of hydrogen-bond donors (Lipinski definition) is 1. The van der Waals surface area contributed by atoms with E-state index in [4.69, 9.17) is 4.74 Å². The Hall–Kier alpha value is -2.34. The van der Waals surface area contributed by atoms with E-state index >= 15 is 0 Å². The lowest BCUT2D eigenvalue weighted by Gasteiger charge is -2.10. The number of nitro benzene ring substituents is 1. The van der Waals surface area contributed by atoms with Crippen LogP contribution in [0.15, 0.2) is 36.5 Å². The Morgan fingerprint density at radius 3 is 2.85 bits per heavy atom. The fraction of sp³-hybridized carbons (Fsp3) is 0.286. The topological polar surface area (TPSA) is 69.3 Å². The highest BCUT2D eigenvalue weighted by molar-refractivity contribution is 5.48. The third kappa shape index (κ3) is 2.97. The van der Waals surface area contributed by atoms with Gasteiger partial charge in [0.1, 0.15) is 0 Å². The van der Waals surface area contributed by atoms with E-state index in [9.17, 15) is 10.1 Å². The number of aromatic nitrogens is 1. The summed E-state index contributed by atoms with van der Waals surface area (Å²) in [7, 11) is 3.31. The van der Waals surface area contributed by atoms with E-state index in [2.05, 4.69) is 9.88 Å². The molecule has 0 aliphatic heterocycles. The monoisotopic (exact) mass is 275 g/mol. The Labute approximate surface area is 117 Å². The van der Waals surface area contributed by atoms with Gasteiger partial charge in [0.05, 0.1) is 12.0 Å². The van der Waals surface area contributed by atoms with Gasteiger partial charge in [-0.25, -0.2) is 0 Å². The maximum absolute atomic E-state index is 11.0. The molecule has 6 nitrogen and oxygen atoms in total. The van der Waals surface area contributed by atoms with Gasteiger partial charge in [-0.1, -0.05) is 6.07 Å². The van der Waals surface area contributed by atoms with E-state index in [0.29, 0.717) is 6.54 Å². The van der Waals surface area contributed by atoms with E-state index in [1.807, 2.05) is 31.4 Å². The number of ether oxygens (including phenoxy) is 1. The van der Waals surface area contributed by atoms with Crippen LogP contribution in [0.25, 0.3) is 0 Å². The lowest BCUT2D eigenvalue weighted by molar-refractivity contribution is -0.385. The molecule has 0 amide bonds. The normalized spacial score (nSPS) is 10.5. The van der Waals surface area contributed by atoms with Gasteiger partial charge in [-0.15, -0.1) is 0 Å². The van der Waals surface area contributed by atoms with Gasteiger partial charge in [0.15, 0.2) is 5.75 Å². The van der Waals surface area contributed by atoms with E-state index in [1.165, 1.54) is 7.11 Å². The van der Waals surface area contributed by atoms with Gasteiger partial charge in [0.25, 0.3) is 0 Å². The van der Waals surface area contributed by atoms with Crippen molar-refractivity contribution in [3.63, 3.8) is 0 Å². The van der Waals surface area contributed by atoms with Crippen LogP contribution in [-0.4, -0.2) is 23.6 Å². The molecule has 1 aromatic heterocycles. The molecular formula is C14H17N3O3. The molecule has 1 aromatic carbocycles. The van der Waals surface area contributed by atoms with Crippen molar-refractivity contribution in [2.24, 2.45) is 0 Å². The van der Waals surface area contributed by atoms with Crippen molar-refractivity contribution in [2.75, 3.05) is 14.2 Å². The van der Waals surface area contributed by atoms with Crippen LogP contribution in [0.3, 0.4) is 0 Å². The van der Waals surface area contributed by atoms with E-state index in [-0.39, 0.29) is 11.4 Å². The van der Waals surface area contributed by atoms with Crippen molar-refractivity contribution >= 4 is 5.69 Å². The molecule has 106 valence electrons. The molecule has 0 atom stereocenters. The number of rotatable bonds is 6. The Morgan fingerprint density at radius 1 is 1.40 bits per heavy atom. The molecule has 2 aromatic rings. The average molecular weight is 275 g/mol. The van der Waals surface area contributed by atoms with Gasteiger partial charge in [-0.05, 0) is 30.8 Å². The zero-order chi connectivity index (χ0) is 14.5. The molecule has 1 heterocycles. The molecular weight excluding hydrogens is 258 g/mol. The number of nitro groups is 1. The van der Waals surface area contributed by atoms with Crippen molar-refractivity contribution in [1.29, 1.82) is 0 Å². The van der Waals surface area contributed by atoms with Crippen molar-refractivity contribution in [3.05, 3.63) is 57.9 Å². The first kappa shape index (κ1) is 14.1. The molecule has 0 saturated carbocycles. The SMILES string of the molecule is CNCc1cccn1Cc1ccc(OC)c([N+](=O)[O-])c1. The third-order valence-corrected chi connectivity index (χ3v) is 3.07. The molecule has 0 aliphatic rings. The predicted octanol–water partition coefficient (Wildman–Crippen LogP) is 2.17. The smallest absolute Gasteiger partial charge is 0.311 e. The molecule has 0 spiro atoms. The number of benzene rings is 1. The van der Waals surface area contributed by atoms with Gasteiger partial charge in [0.2, 0.25) is 0 Å². The molecule has 0 unspecified atom stereocenters. The Bertz CT molecular complexity index is 607. The molecule has 0 aliphatic carbocycles. The van der Waals surface area contributed by atoms with Gasteiger partial charge in [-0.2, -0.15) is 0 Å². The number of nitrogens with one attached hydrogen (secondary N) is 1. The van der Waals surface area contributed by atoms with E-state index in [1.54, 1.807) is 12.1 Å². The largest absolute Gasteiger partial charge is 0.490 e. The van der Waals surface area contributed by atoms with Crippen LogP contribution in [-0.2, 0) is 13.1 Å². The summed E-state index contributed by atoms with van der Waals surface area (Å²) in [4.78, 5) is 10.6. The standard InChI is InChI=1S/C14H17N3O3/c1-15-9-12-4-3-7-16(12)10-11-5-6-14(20-2)13(8-11)17(18)19/h3-8,15H,9-10H2,1-2H3. The average Bonchev–Trinajstić information content (AvgIpc) is 2.86. The van der Waals surface area contributed by atoms with Crippen molar-refractivity contribution < 1.29 is 9.66 Å². The van der Waals surface area contributed by atoms with Crippen LogP contribution >= 0.6 is 0 Å². The quantitative estimate of drug-likeness (QED) is 0.648. The molecule has 0 fully saturated rings. The Kier molecular flexibility index (Phi) is 4.37. The first-order chi connectivity index (χ1) is 9.65. The molecule has 2 rings (SSSR count). The van der Waals surface area contributed by atoms with Crippen LogP contribution in [0.5, 0.6) is 5.75 Å². The highest BCUT2D eigenvalue weighted by Gasteiger charge is 2.15. The minimum Gasteiger partial charge on any atom is -0.490 e. The van der Waals surface area contributed by atoms with Crippen LogP contribution in [0.1, 0.15) is 11.3 Å². The van der Waals surface area contributed by atoms with Crippen LogP contribution in [0, 0.1) is 10.1 Å². The maximum atomic E-state index is 11.0. The first-order valence-corrected chi connectivity index (χ1v) is 6.25. The molecule has 0 radical (unpaired) electrons. The van der Waals surface area contributed by atoms with Gasteiger partial charge < -0.3 is 14.6 Å². The first-order valence-electron chi connectivity index (χ1n) is 6.25. The van der Waals surface area contributed by atoms with E-state index < -0.39 is 4.92 Å². The fourth-order valence-corrected chi connectivity index (χ4v) is 2.12. The second-order valence-electron chi connectivity index (χ2n) is 4.42. The number of hydrogen-bond acceptors (Lipinski definition) is 4. The molecule has 20 heavy (non-hydrogen) atoms. The fourth-order valence-electron chi connectivity index (χ4n) is 2.12.